The third-order valence-electron chi connectivity index (χ3n) is 8.18. The van der Waals surface area contributed by atoms with Crippen LogP contribution in [0.3, 0.4) is 0 Å². The fourth-order valence-electron chi connectivity index (χ4n) is 6.14. The fraction of sp³-hybridized carbons (Fsp3) is 0. The van der Waals surface area contributed by atoms with Crippen LogP contribution in [0.2, 0.25) is 0 Å². The van der Waals surface area contributed by atoms with Gasteiger partial charge in [0.05, 0.1) is 0 Å². The first-order chi connectivity index (χ1) is 21.3. The molecular weight excluding hydrogens is 528 g/mol. The lowest BCUT2D eigenvalue weighted by Crippen LogP contribution is -1.96. The van der Waals surface area contributed by atoms with Gasteiger partial charge in [0.2, 0.25) is 0 Å². The van der Waals surface area contributed by atoms with Crippen LogP contribution in [0, 0.1) is 0 Å². The molecule has 0 amide bonds. The van der Waals surface area contributed by atoms with E-state index in [0.29, 0.717) is 11.6 Å². The molecule has 0 saturated carbocycles. The van der Waals surface area contributed by atoms with Gasteiger partial charge in [-0.15, -0.1) is 0 Å². The van der Waals surface area contributed by atoms with E-state index in [9.17, 15) is 0 Å². The van der Waals surface area contributed by atoms with Crippen molar-refractivity contribution in [2.24, 2.45) is 0 Å². The Bertz CT molecular complexity index is 2520. The summed E-state index contributed by atoms with van der Waals surface area (Å²) in [7, 11) is 0. The van der Waals surface area contributed by atoms with E-state index < -0.39 is 0 Å². The number of rotatable bonds is 3. The Morgan fingerprint density at radius 1 is 0.419 bits per heavy atom. The van der Waals surface area contributed by atoms with E-state index in [1.807, 2.05) is 79.1 Å². The van der Waals surface area contributed by atoms with Crippen molar-refractivity contribution < 1.29 is 4.42 Å². The smallest absolute Gasteiger partial charge is 0.159 e. The van der Waals surface area contributed by atoms with Crippen LogP contribution in [0.25, 0.3) is 88.4 Å². The lowest BCUT2D eigenvalue weighted by Gasteiger charge is -2.11. The predicted molar refractivity (Wildman–Crippen MR) is 174 cm³/mol. The number of para-hydroxylation sites is 2. The maximum atomic E-state index is 6.33. The van der Waals surface area contributed by atoms with Crippen molar-refractivity contribution in [3.05, 3.63) is 134 Å². The van der Waals surface area contributed by atoms with Crippen molar-refractivity contribution in [3.63, 3.8) is 0 Å². The zero-order valence-corrected chi connectivity index (χ0v) is 22.9. The average Bonchev–Trinajstić information content (AvgIpc) is 3.47. The minimum Gasteiger partial charge on any atom is -0.455 e. The molecule has 0 N–H and O–H groups in total. The first kappa shape index (κ1) is 23.7. The zero-order chi connectivity index (χ0) is 28.3. The van der Waals surface area contributed by atoms with Crippen molar-refractivity contribution >= 4 is 54.5 Å². The highest BCUT2D eigenvalue weighted by Gasteiger charge is 2.16. The summed E-state index contributed by atoms with van der Waals surface area (Å²) in [5, 5.41) is 6.32. The maximum Gasteiger partial charge on any atom is 0.159 e. The van der Waals surface area contributed by atoms with Gasteiger partial charge in [0.1, 0.15) is 22.2 Å². The van der Waals surface area contributed by atoms with E-state index in [-0.39, 0.29) is 0 Å². The minimum absolute atomic E-state index is 0.641. The molecule has 0 saturated heterocycles. The van der Waals surface area contributed by atoms with Crippen LogP contribution >= 0.6 is 0 Å². The second kappa shape index (κ2) is 9.29. The Labute approximate surface area is 246 Å². The summed E-state index contributed by atoms with van der Waals surface area (Å²) in [5.74, 6) is 1.31. The summed E-state index contributed by atoms with van der Waals surface area (Å²) in [4.78, 5) is 19.8. The molecule has 9 rings (SSSR count). The number of aromatic nitrogens is 4. The Kier molecular flexibility index (Phi) is 5.13. The molecular formula is C38H22N4O. The molecule has 6 aromatic carbocycles. The maximum absolute atomic E-state index is 6.33. The molecule has 0 unspecified atom stereocenters. The third kappa shape index (κ3) is 3.72. The van der Waals surface area contributed by atoms with Gasteiger partial charge < -0.3 is 4.42 Å². The normalized spacial score (nSPS) is 11.7. The first-order valence-electron chi connectivity index (χ1n) is 14.2. The van der Waals surface area contributed by atoms with E-state index in [0.717, 1.165) is 76.8 Å². The van der Waals surface area contributed by atoms with Gasteiger partial charge >= 0.3 is 0 Å². The number of furan rings is 1. The van der Waals surface area contributed by atoms with Crippen molar-refractivity contribution in [2.45, 2.75) is 0 Å². The predicted octanol–water partition coefficient (Wildman–Crippen LogP) is 9.63. The molecule has 0 bridgehead atoms. The first-order valence-corrected chi connectivity index (χ1v) is 14.2. The van der Waals surface area contributed by atoms with E-state index in [2.05, 4.69) is 54.6 Å². The molecule has 5 nitrogen and oxygen atoms in total. The van der Waals surface area contributed by atoms with Gasteiger partial charge in [-0.05, 0) is 28.5 Å². The molecule has 0 radical (unpaired) electrons. The molecule has 200 valence electrons. The molecule has 0 aliphatic rings. The summed E-state index contributed by atoms with van der Waals surface area (Å²) in [5.41, 5.74) is 7.35. The van der Waals surface area contributed by atoms with Gasteiger partial charge in [0.15, 0.2) is 11.6 Å². The van der Waals surface area contributed by atoms with Crippen molar-refractivity contribution in [1.82, 2.24) is 19.9 Å². The zero-order valence-electron chi connectivity index (χ0n) is 22.9. The SMILES string of the molecule is c1ccc(-c2ncc3c4ccccc4c4cnc(-c5cccc(-c6cccc7c6oc6ccccc67)c5)nc4c3n2)cc1. The Morgan fingerprint density at radius 2 is 0.977 bits per heavy atom. The number of hydrogen-bond acceptors (Lipinski definition) is 5. The van der Waals surface area contributed by atoms with Crippen LogP contribution in [-0.4, -0.2) is 19.9 Å². The number of hydrogen-bond donors (Lipinski definition) is 0. The summed E-state index contributed by atoms with van der Waals surface area (Å²) in [6.45, 7) is 0. The fourth-order valence-corrected chi connectivity index (χ4v) is 6.14. The summed E-state index contributed by atoms with van der Waals surface area (Å²) in [6.07, 6.45) is 3.85. The Morgan fingerprint density at radius 3 is 1.72 bits per heavy atom. The third-order valence-corrected chi connectivity index (χ3v) is 8.18. The van der Waals surface area contributed by atoms with Crippen LogP contribution in [0.5, 0.6) is 0 Å². The molecule has 3 heterocycles. The summed E-state index contributed by atoms with van der Waals surface area (Å²) in [6, 6.07) is 41.2. The van der Waals surface area contributed by atoms with Crippen LogP contribution in [0.1, 0.15) is 0 Å². The van der Waals surface area contributed by atoms with Crippen molar-refractivity contribution in [1.29, 1.82) is 0 Å². The molecule has 0 fully saturated rings. The summed E-state index contributed by atoms with van der Waals surface area (Å²) < 4.78 is 6.33. The number of nitrogens with zero attached hydrogens (tertiary/aromatic N) is 4. The molecule has 3 aromatic heterocycles. The number of benzene rings is 6. The average molecular weight is 551 g/mol. The minimum atomic E-state index is 0.641. The molecule has 43 heavy (non-hydrogen) atoms. The van der Waals surface area contributed by atoms with E-state index in [4.69, 9.17) is 24.4 Å². The molecule has 0 aliphatic heterocycles. The van der Waals surface area contributed by atoms with E-state index in [1.165, 1.54) is 0 Å². The van der Waals surface area contributed by atoms with Crippen LogP contribution in [0.15, 0.2) is 138 Å². The van der Waals surface area contributed by atoms with Crippen molar-refractivity contribution in [3.8, 4) is 33.9 Å². The Balaban J connectivity index is 1.26. The van der Waals surface area contributed by atoms with Gasteiger partial charge in [-0.3, -0.25) is 0 Å². The Hall–Kier alpha value is -5.94. The highest BCUT2D eigenvalue weighted by Crippen LogP contribution is 2.38. The largest absolute Gasteiger partial charge is 0.455 e. The quantitative estimate of drug-likeness (QED) is 0.205. The topological polar surface area (TPSA) is 64.7 Å². The standard InChI is InChI=1S/C38H22N4O/c1-2-10-23(11-3-1)37-39-21-31-27-14-4-5-15-28(27)32-22-40-38(42-35(32)34(31)41-37)25-13-8-12-24(20-25)26-17-9-18-30-29-16-6-7-19-33(29)43-36(26)30/h1-22H. The van der Waals surface area contributed by atoms with Gasteiger partial charge in [0, 0.05) is 50.6 Å². The van der Waals surface area contributed by atoms with Gasteiger partial charge in [-0.25, -0.2) is 19.9 Å². The molecule has 9 aromatic rings. The highest BCUT2D eigenvalue weighted by atomic mass is 16.3. The molecule has 0 spiro atoms. The van der Waals surface area contributed by atoms with Crippen LogP contribution in [0.4, 0.5) is 0 Å². The van der Waals surface area contributed by atoms with Crippen LogP contribution < -0.4 is 0 Å². The van der Waals surface area contributed by atoms with E-state index >= 15 is 0 Å². The number of fused-ring (bicyclic) bond motifs is 9. The van der Waals surface area contributed by atoms with Crippen molar-refractivity contribution in [2.75, 3.05) is 0 Å². The van der Waals surface area contributed by atoms with Gasteiger partial charge in [-0.2, -0.15) is 0 Å². The second-order valence-electron chi connectivity index (χ2n) is 10.7. The molecule has 5 heteroatoms. The van der Waals surface area contributed by atoms with E-state index in [1.54, 1.807) is 0 Å². The summed E-state index contributed by atoms with van der Waals surface area (Å²) >= 11 is 0. The second-order valence-corrected chi connectivity index (χ2v) is 10.7. The lowest BCUT2D eigenvalue weighted by atomic mass is 9.99. The molecule has 0 aliphatic carbocycles. The monoisotopic (exact) mass is 550 g/mol. The van der Waals surface area contributed by atoms with Gasteiger partial charge in [-0.1, -0.05) is 109 Å². The lowest BCUT2D eigenvalue weighted by molar-refractivity contribution is 0.670. The highest BCUT2D eigenvalue weighted by molar-refractivity contribution is 6.23. The molecule has 0 atom stereocenters. The van der Waals surface area contributed by atoms with Crippen LogP contribution in [-0.2, 0) is 0 Å². The van der Waals surface area contributed by atoms with Gasteiger partial charge in [0.25, 0.3) is 0 Å².